The van der Waals surface area contributed by atoms with Gasteiger partial charge in [-0.25, -0.2) is 0 Å². The van der Waals surface area contributed by atoms with Gasteiger partial charge in [-0.05, 0) is 66.1 Å². The van der Waals surface area contributed by atoms with Gasteiger partial charge < -0.3 is 0 Å². The predicted octanol–water partition coefficient (Wildman–Crippen LogP) is 5.21. The molecule has 6 heteroatoms. The molecule has 0 spiro atoms. The van der Waals surface area contributed by atoms with Crippen LogP contribution in [0.4, 0.5) is 0 Å². The van der Waals surface area contributed by atoms with E-state index in [4.69, 9.17) is 0 Å². The van der Waals surface area contributed by atoms with Gasteiger partial charge in [-0.15, -0.1) is 5.10 Å². The Bertz CT molecular complexity index is 874. The molecule has 3 fully saturated rings. The Balaban J connectivity index is 1.55. The third kappa shape index (κ3) is 2.87. The van der Waals surface area contributed by atoms with E-state index < -0.39 is 0 Å². The zero-order chi connectivity index (χ0) is 18.5. The number of halogens is 1. The Labute approximate surface area is 166 Å². The third-order valence-corrected chi connectivity index (χ3v) is 7.96. The Morgan fingerprint density at radius 3 is 2.77 bits per heavy atom. The maximum Gasteiger partial charge on any atom is 0.264 e. The van der Waals surface area contributed by atoms with Crippen LogP contribution in [-0.2, 0) is 4.79 Å². The van der Waals surface area contributed by atoms with Gasteiger partial charge in [0.2, 0.25) is 0 Å². The molecule has 0 radical (unpaired) electrons. The summed E-state index contributed by atoms with van der Waals surface area (Å²) in [5.41, 5.74) is 2.57. The molecule has 1 aliphatic heterocycles. The first-order chi connectivity index (χ1) is 12.3. The van der Waals surface area contributed by atoms with Crippen LogP contribution in [0, 0.1) is 16.7 Å². The van der Waals surface area contributed by atoms with E-state index in [-0.39, 0.29) is 16.7 Å². The molecule has 4 nitrogen and oxygen atoms in total. The number of rotatable bonds is 2. The summed E-state index contributed by atoms with van der Waals surface area (Å²) in [5, 5.41) is 12.3. The molecule has 1 amide bonds. The van der Waals surface area contributed by atoms with Crippen molar-refractivity contribution in [3.8, 4) is 0 Å². The van der Waals surface area contributed by atoms with Gasteiger partial charge >= 0.3 is 0 Å². The van der Waals surface area contributed by atoms with Gasteiger partial charge in [0, 0.05) is 15.6 Å². The third-order valence-electron chi connectivity index (χ3n) is 6.57. The molecular formula is C20H22BrN3OS. The van der Waals surface area contributed by atoms with E-state index in [2.05, 4.69) is 52.2 Å². The first-order valence-electron chi connectivity index (χ1n) is 8.91. The van der Waals surface area contributed by atoms with Crippen molar-refractivity contribution in [3.05, 3.63) is 39.2 Å². The van der Waals surface area contributed by atoms with Crippen LogP contribution < -0.4 is 5.32 Å². The molecule has 1 heterocycles. The molecule has 1 aromatic rings. The van der Waals surface area contributed by atoms with Crippen LogP contribution in [0.25, 0.3) is 6.08 Å². The molecule has 2 bridgehead atoms. The maximum atomic E-state index is 12.2. The number of nitrogens with zero attached hydrogens (tertiary/aromatic N) is 2. The van der Waals surface area contributed by atoms with Crippen molar-refractivity contribution in [2.45, 2.75) is 40.0 Å². The summed E-state index contributed by atoms with van der Waals surface area (Å²) in [6.07, 6.45) is 5.37. The molecule has 1 saturated heterocycles. The molecule has 3 aliphatic rings. The van der Waals surface area contributed by atoms with Crippen LogP contribution >= 0.6 is 27.7 Å². The van der Waals surface area contributed by atoms with E-state index in [9.17, 15) is 4.79 Å². The largest absolute Gasteiger partial charge is 0.299 e. The van der Waals surface area contributed by atoms with Crippen LogP contribution in [0.1, 0.15) is 45.6 Å². The Kier molecular flexibility index (Phi) is 4.39. The van der Waals surface area contributed by atoms with Crippen LogP contribution in [0.15, 0.2) is 43.8 Å². The number of carbonyl (C=O) groups is 1. The Morgan fingerprint density at radius 2 is 2.12 bits per heavy atom. The average Bonchev–Trinajstić information content (AvgIpc) is 3.10. The summed E-state index contributed by atoms with van der Waals surface area (Å²) in [6, 6.07) is 7.87. The topological polar surface area (TPSA) is 53.8 Å². The van der Waals surface area contributed by atoms with Crippen LogP contribution in [0.5, 0.6) is 0 Å². The average molecular weight is 432 g/mol. The van der Waals surface area contributed by atoms with Gasteiger partial charge in [-0.1, -0.05) is 48.8 Å². The second-order valence-electron chi connectivity index (χ2n) is 8.07. The molecule has 1 N–H and O–H groups in total. The van der Waals surface area contributed by atoms with E-state index in [1.807, 2.05) is 30.3 Å². The van der Waals surface area contributed by atoms with E-state index in [0.717, 1.165) is 16.5 Å². The molecule has 2 saturated carbocycles. The minimum atomic E-state index is -0.117. The van der Waals surface area contributed by atoms with Crippen LogP contribution in [-0.4, -0.2) is 16.8 Å². The quantitative estimate of drug-likeness (QED) is 0.515. The SMILES string of the molecule is CC1(C)[C@H]2CC[C@@]1(C)/C(=N\N=C1/NC(=O)/C(=C\c3cccc(Br)c3)S1)C2. The van der Waals surface area contributed by atoms with Gasteiger partial charge in [-0.3, -0.25) is 10.1 Å². The lowest BCUT2D eigenvalue weighted by Gasteiger charge is -2.34. The Hall–Kier alpha value is -1.40. The summed E-state index contributed by atoms with van der Waals surface area (Å²) in [6.45, 7) is 7.02. The summed E-state index contributed by atoms with van der Waals surface area (Å²) >= 11 is 4.80. The molecular weight excluding hydrogens is 410 g/mol. The summed E-state index contributed by atoms with van der Waals surface area (Å²) in [7, 11) is 0. The van der Waals surface area contributed by atoms with Gasteiger partial charge in [0.05, 0.1) is 4.91 Å². The molecule has 0 aromatic heterocycles. The number of hydrogen-bond acceptors (Lipinski definition) is 4. The van der Waals surface area contributed by atoms with Crippen molar-refractivity contribution in [2.75, 3.05) is 0 Å². The van der Waals surface area contributed by atoms with Gasteiger partial charge in [-0.2, -0.15) is 5.10 Å². The predicted molar refractivity (Wildman–Crippen MR) is 112 cm³/mol. The number of hydrogen-bond donors (Lipinski definition) is 1. The second kappa shape index (κ2) is 6.34. The number of amides is 1. The smallest absolute Gasteiger partial charge is 0.264 e. The maximum absolute atomic E-state index is 12.2. The fourth-order valence-corrected chi connectivity index (χ4v) is 5.60. The summed E-state index contributed by atoms with van der Waals surface area (Å²) in [4.78, 5) is 12.9. The minimum absolute atomic E-state index is 0.117. The highest BCUT2D eigenvalue weighted by atomic mass is 79.9. The molecule has 2 atom stereocenters. The molecule has 1 aromatic carbocycles. The lowest BCUT2D eigenvalue weighted by Crippen LogP contribution is -2.32. The van der Waals surface area contributed by atoms with E-state index in [1.165, 1.54) is 30.3 Å². The number of fused-ring (bicyclic) bond motifs is 2. The normalized spacial score (nSPS) is 34.2. The summed E-state index contributed by atoms with van der Waals surface area (Å²) < 4.78 is 0.989. The fourth-order valence-electron chi connectivity index (χ4n) is 4.41. The lowest BCUT2D eigenvalue weighted by atomic mass is 9.70. The van der Waals surface area contributed by atoms with Crippen LogP contribution in [0.2, 0.25) is 0 Å². The zero-order valence-corrected chi connectivity index (χ0v) is 17.6. The highest BCUT2D eigenvalue weighted by molar-refractivity contribution is 9.10. The zero-order valence-electron chi connectivity index (χ0n) is 15.2. The number of amidine groups is 1. The second-order valence-corrected chi connectivity index (χ2v) is 10.0. The van der Waals surface area contributed by atoms with Gasteiger partial charge in [0.25, 0.3) is 5.91 Å². The first kappa shape index (κ1) is 18.0. The standard InChI is InChI=1S/C20H22BrN3OS/c1-19(2)13-7-8-20(19,3)16(11-13)23-24-18-22-17(25)15(26-18)10-12-5-4-6-14(21)9-12/h4-6,9-10,13H,7-8,11H2,1-3H3,(H,22,24,25)/b15-10+,23-16-/t13-,20-/m0/s1. The van der Waals surface area contributed by atoms with Gasteiger partial charge in [0.1, 0.15) is 0 Å². The van der Waals surface area contributed by atoms with Crippen molar-refractivity contribution >= 4 is 50.6 Å². The molecule has 136 valence electrons. The van der Waals surface area contributed by atoms with Crippen molar-refractivity contribution in [1.82, 2.24) is 5.32 Å². The Morgan fingerprint density at radius 1 is 1.31 bits per heavy atom. The molecule has 4 rings (SSSR count). The van der Waals surface area contributed by atoms with Crippen molar-refractivity contribution in [3.63, 3.8) is 0 Å². The number of thioether (sulfide) groups is 1. The molecule has 0 unspecified atom stereocenters. The van der Waals surface area contributed by atoms with Crippen molar-refractivity contribution in [1.29, 1.82) is 0 Å². The first-order valence-corrected chi connectivity index (χ1v) is 10.5. The van der Waals surface area contributed by atoms with Crippen LogP contribution in [0.3, 0.4) is 0 Å². The molecule has 2 aliphatic carbocycles. The number of benzene rings is 1. The van der Waals surface area contributed by atoms with E-state index in [0.29, 0.717) is 16.0 Å². The van der Waals surface area contributed by atoms with E-state index >= 15 is 0 Å². The fraction of sp³-hybridized carbons (Fsp3) is 0.450. The number of carbonyl (C=O) groups excluding carboxylic acids is 1. The number of nitrogens with one attached hydrogen (secondary N) is 1. The monoisotopic (exact) mass is 431 g/mol. The van der Waals surface area contributed by atoms with Crippen molar-refractivity contribution in [2.24, 2.45) is 27.0 Å². The molecule has 26 heavy (non-hydrogen) atoms. The minimum Gasteiger partial charge on any atom is -0.299 e. The van der Waals surface area contributed by atoms with Crippen molar-refractivity contribution < 1.29 is 4.79 Å². The highest BCUT2D eigenvalue weighted by Gasteiger charge is 2.60. The highest BCUT2D eigenvalue weighted by Crippen LogP contribution is 2.64. The van der Waals surface area contributed by atoms with Gasteiger partial charge in [0.15, 0.2) is 5.17 Å². The van der Waals surface area contributed by atoms with E-state index in [1.54, 1.807) is 0 Å². The summed E-state index contributed by atoms with van der Waals surface area (Å²) in [5.74, 6) is 0.581. The lowest BCUT2D eigenvalue weighted by molar-refractivity contribution is -0.115.